The Morgan fingerprint density at radius 3 is 2.79 bits per heavy atom. The highest BCUT2D eigenvalue weighted by Gasteiger charge is 2.26. The quantitative estimate of drug-likeness (QED) is 0.718. The predicted molar refractivity (Wildman–Crippen MR) is 49.6 cm³/mol. The third kappa shape index (κ3) is 1.21. The molecule has 1 aromatic carbocycles. The van der Waals surface area contributed by atoms with Crippen molar-refractivity contribution >= 4 is 18.1 Å². The first-order chi connectivity index (χ1) is 6.70. The number of hydrogen-bond acceptors (Lipinski definition) is 2. The fraction of sp³-hybridized carbons (Fsp3) is 0.100. The van der Waals surface area contributed by atoms with Crippen LogP contribution in [0.1, 0.15) is 21.8 Å². The number of aliphatic imine (C=N–C) groups is 1. The summed E-state index contributed by atoms with van der Waals surface area (Å²) in [4.78, 5) is 25.6. The lowest BCUT2D eigenvalue weighted by Gasteiger charge is -2.14. The molecule has 70 valence electrons. The van der Waals surface area contributed by atoms with E-state index in [1.165, 1.54) is 6.21 Å². The molecule has 1 unspecified atom stereocenters. The molecule has 2 rings (SSSR count). The number of benzene rings is 1. The van der Waals surface area contributed by atoms with Crippen molar-refractivity contribution < 1.29 is 14.7 Å². The van der Waals surface area contributed by atoms with E-state index in [2.05, 4.69) is 4.99 Å². The molecule has 14 heavy (non-hydrogen) atoms. The van der Waals surface area contributed by atoms with Gasteiger partial charge in [0.25, 0.3) is 5.91 Å². The Hall–Kier alpha value is -1.97. The van der Waals surface area contributed by atoms with Crippen molar-refractivity contribution in [1.82, 2.24) is 0 Å². The first kappa shape index (κ1) is 8.62. The molecule has 4 nitrogen and oxygen atoms in total. The molecule has 1 aliphatic rings. The molecule has 0 saturated heterocycles. The van der Waals surface area contributed by atoms with Crippen LogP contribution in [0.2, 0.25) is 0 Å². The number of carbonyl (C=O) groups is 2. The summed E-state index contributed by atoms with van der Waals surface area (Å²) < 4.78 is 0. The van der Waals surface area contributed by atoms with Crippen molar-refractivity contribution in [2.75, 3.05) is 0 Å². The van der Waals surface area contributed by atoms with Crippen molar-refractivity contribution in [3.63, 3.8) is 0 Å². The van der Waals surface area contributed by atoms with Gasteiger partial charge in [-0.3, -0.25) is 9.59 Å². The lowest BCUT2D eigenvalue weighted by Crippen LogP contribution is -2.20. The molecule has 1 amide bonds. The molecule has 4 heteroatoms. The zero-order chi connectivity index (χ0) is 10.1. The van der Waals surface area contributed by atoms with Gasteiger partial charge >= 0.3 is 5.97 Å². The van der Waals surface area contributed by atoms with Crippen LogP contribution in [0.25, 0.3) is 0 Å². The van der Waals surface area contributed by atoms with Crippen molar-refractivity contribution in [3.8, 4) is 0 Å². The molecule has 0 bridgehead atoms. The van der Waals surface area contributed by atoms with E-state index in [-0.39, 0.29) is 5.91 Å². The summed E-state index contributed by atoms with van der Waals surface area (Å²) >= 11 is 0. The Kier molecular flexibility index (Phi) is 1.89. The molecule has 1 aromatic rings. The number of rotatable bonds is 1. The largest absolute Gasteiger partial charge is 0.481 e. The fourth-order valence-corrected chi connectivity index (χ4v) is 1.45. The van der Waals surface area contributed by atoms with Crippen LogP contribution in [-0.2, 0) is 4.79 Å². The molecule has 1 heterocycles. The van der Waals surface area contributed by atoms with E-state index in [9.17, 15) is 9.59 Å². The van der Waals surface area contributed by atoms with Crippen molar-refractivity contribution in [2.24, 2.45) is 4.99 Å². The van der Waals surface area contributed by atoms with Crippen LogP contribution in [0.4, 0.5) is 0 Å². The van der Waals surface area contributed by atoms with E-state index in [0.29, 0.717) is 11.1 Å². The number of aliphatic carboxylic acids is 1. The summed E-state index contributed by atoms with van der Waals surface area (Å²) in [6, 6.07) is 6.62. The average molecular weight is 189 g/mol. The molecule has 1 N–H and O–H groups in total. The van der Waals surface area contributed by atoms with E-state index in [1.807, 2.05) is 0 Å². The smallest absolute Gasteiger partial charge is 0.316 e. The Bertz CT molecular complexity index is 437. The van der Waals surface area contributed by atoms with E-state index < -0.39 is 11.9 Å². The van der Waals surface area contributed by atoms with Crippen LogP contribution in [0.15, 0.2) is 29.3 Å². The molecule has 0 fully saturated rings. The summed E-state index contributed by atoms with van der Waals surface area (Å²) in [5, 5.41) is 8.87. The van der Waals surface area contributed by atoms with Crippen molar-refractivity contribution in [1.29, 1.82) is 0 Å². The Morgan fingerprint density at radius 1 is 1.36 bits per heavy atom. The van der Waals surface area contributed by atoms with Gasteiger partial charge in [-0.1, -0.05) is 18.2 Å². The Labute approximate surface area is 79.9 Å². The van der Waals surface area contributed by atoms with E-state index in [0.717, 1.165) is 0 Å². The van der Waals surface area contributed by atoms with Crippen LogP contribution >= 0.6 is 0 Å². The monoisotopic (exact) mass is 189 g/mol. The second-order valence-corrected chi connectivity index (χ2v) is 2.99. The molecule has 1 aliphatic heterocycles. The zero-order valence-corrected chi connectivity index (χ0v) is 7.18. The number of carbonyl (C=O) groups excluding carboxylic acids is 1. The van der Waals surface area contributed by atoms with Crippen LogP contribution < -0.4 is 0 Å². The summed E-state index contributed by atoms with van der Waals surface area (Å²) in [5.74, 6) is -2.17. The first-order valence-corrected chi connectivity index (χ1v) is 4.10. The molecule has 0 spiro atoms. The predicted octanol–water partition coefficient (Wildman–Crippen LogP) is 1.08. The minimum atomic E-state index is -0.992. The van der Waals surface area contributed by atoms with Crippen LogP contribution in [0, 0.1) is 0 Å². The zero-order valence-electron chi connectivity index (χ0n) is 7.18. The van der Waals surface area contributed by atoms with Crippen LogP contribution in [0.5, 0.6) is 0 Å². The van der Waals surface area contributed by atoms with Crippen molar-refractivity contribution in [3.05, 3.63) is 35.4 Å². The Balaban J connectivity index is 2.58. The van der Waals surface area contributed by atoms with Gasteiger partial charge in [0.1, 0.15) is 5.92 Å². The highest BCUT2D eigenvalue weighted by molar-refractivity contribution is 6.10. The first-order valence-electron chi connectivity index (χ1n) is 4.10. The second-order valence-electron chi connectivity index (χ2n) is 2.99. The maximum Gasteiger partial charge on any atom is 0.316 e. The van der Waals surface area contributed by atoms with Gasteiger partial charge in [-0.05, 0) is 11.6 Å². The van der Waals surface area contributed by atoms with Gasteiger partial charge in [0, 0.05) is 11.8 Å². The van der Waals surface area contributed by atoms with Gasteiger partial charge < -0.3 is 5.11 Å². The molecule has 1 atom stereocenters. The Morgan fingerprint density at radius 2 is 2.07 bits per heavy atom. The molecular formula is C10H7NO3. The SMILES string of the molecule is O=C1N=CC(C(=O)O)c2ccccc21. The lowest BCUT2D eigenvalue weighted by atomic mass is 9.93. The maximum atomic E-state index is 11.3. The molecule has 0 radical (unpaired) electrons. The second kappa shape index (κ2) is 3.06. The van der Waals surface area contributed by atoms with Gasteiger partial charge in [-0.15, -0.1) is 0 Å². The number of hydrogen-bond donors (Lipinski definition) is 1. The summed E-state index contributed by atoms with van der Waals surface area (Å²) in [6.07, 6.45) is 1.17. The van der Waals surface area contributed by atoms with Crippen LogP contribution in [-0.4, -0.2) is 23.2 Å². The maximum absolute atomic E-state index is 11.3. The third-order valence-corrected chi connectivity index (χ3v) is 2.13. The number of carboxylic acids is 1. The lowest BCUT2D eigenvalue weighted by molar-refractivity contribution is -0.136. The summed E-state index contributed by atoms with van der Waals surface area (Å²) in [7, 11) is 0. The number of nitrogens with zero attached hydrogens (tertiary/aromatic N) is 1. The fourth-order valence-electron chi connectivity index (χ4n) is 1.45. The minimum Gasteiger partial charge on any atom is -0.481 e. The van der Waals surface area contributed by atoms with Gasteiger partial charge in [-0.2, -0.15) is 0 Å². The molecule has 0 aromatic heterocycles. The van der Waals surface area contributed by atoms with Gasteiger partial charge in [0.2, 0.25) is 0 Å². The van der Waals surface area contributed by atoms with E-state index in [4.69, 9.17) is 5.11 Å². The van der Waals surface area contributed by atoms with Gasteiger partial charge in [-0.25, -0.2) is 4.99 Å². The number of carboxylic acid groups (broad SMARTS) is 1. The van der Waals surface area contributed by atoms with Crippen LogP contribution in [0.3, 0.4) is 0 Å². The molecule has 0 saturated carbocycles. The molecule has 0 aliphatic carbocycles. The van der Waals surface area contributed by atoms with E-state index >= 15 is 0 Å². The minimum absolute atomic E-state index is 0.377. The topological polar surface area (TPSA) is 66.7 Å². The van der Waals surface area contributed by atoms with Gasteiger partial charge in [0.05, 0.1) is 0 Å². The average Bonchev–Trinajstić information content (AvgIpc) is 2.18. The van der Waals surface area contributed by atoms with E-state index in [1.54, 1.807) is 24.3 Å². The molecular weight excluding hydrogens is 182 g/mol. The normalized spacial score (nSPS) is 19.1. The summed E-state index contributed by atoms with van der Waals surface area (Å²) in [6.45, 7) is 0. The number of amides is 1. The number of fused-ring (bicyclic) bond motifs is 1. The summed E-state index contributed by atoms with van der Waals surface area (Å²) in [5.41, 5.74) is 0.891. The third-order valence-electron chi connectivity index (χ3n) is 2.13. The van der Waals surface area contributed by atoms with Crippen molar-refractivity contribution in [2.45, 2.75) is 5.92 Å². The standard InChI is InChI=1S/C10H7NO3/c12-9-7-4-2-1-3-6(7)8(5-11-9)10(13)14/h1-5,8H,(H,13,14). The van der Waals surface area contributed by atoms with Gasteiger partial charge in [0.15, 0.2) is 0 Å². The highest BCUT2D eigenvalue weighted by Crippen LogP contribution is 2.23. The highest BCUT2D eigenvalue weighted by atomic mass is 16.4.